The molecule has 1 heterocycles. The van der Waals surface area contributed by atoms with E-state index in [2.05, 4.69) is 4.98 Å². The molecule has 0 unspecified atom stereocenters. The van der Waals surface area contributed by atoms with Crippen molar-refractivity contribution in [3.63, 3.8) is 0 Å². The molecule has 0 spiro atoms. The summed E-state index contributed by atoms with van der Waals surface area (Å²) < 4.78 is 56.3. The number of halogens is 3. The number of rotatable bonds is 5. The van der Waals surface area contributed by atoms with Crippen LogP contribution in [0.25, 0.3) is 10.9 Å². The average Bonchev–Trinajstić information content (AvgIpc) is 2.66. The lowest BCUT2D eigenvalue weighted by molar-refractivity contribution is -0.138. The first-order chi connectivity index (χ1) is 13.2. The molecule has 0 aliphatic rings. The summed E-state index contributed by atoms with van der Waals surface area (Å²) >= 11 is 0. The van der Waals surface area contributed by atoms with Crippen LogP contribution in [0.2, 0.25) is 0 Å². The van der Waals surface area contributed by atoms with Crippen molar-refractivity contribution in [3.05, 3.63) is 53.7 Å². The Bertz CT molecular complexity index is 1050. The van der Waals surface area contributed by atoms with Crippen molar-refractivity contribution < 1.29 is 32.2 Å². The van der Waals surface area contributed by atoms with Crippen molar-refractivity contribution >= 4 is 16.8 Å². The number of pyridine rings is 1. The third kappa shape index (κ3) is 3.64. The highest BCUT2D eigenvalue weighted by Crippen LogP contribution is 2.41. The third-order valence-electron chi connectivity index (χ3n) is 4.00. The van der Waals surface area contributed by atoms with Crippen molar-refractivity contribution in [2.45, 2.75) is 6.18 Å². The zero-order valence-electron chi connectivity index (χ0n) is 14.8. The van der Waals surface area contributed by atoms with E-state index in [-0.39, 0.29) is 11.3 Å². The molecule has 3 aromatic rings. The van der Waals surface area contributed by atoms with Crippen LogP contribution in [0.1, 0.15) is 15.9 Å². The summed E-state index contributed by atoms with van der Waals surface area (Å²) in [4.78, 5) is 15.4. The van der Waals surface area contributed by atoms with Crippen LogP contribution in [0, 0.1) is 0 Å². The molecule has 0 aliphatic heterocycles. The van der Waals surface area contributed by atoms with Gasteiger partial charge in [-0.25, -0.2) is 0 Å². The number of methoxy groups -OCH3 is 2. The van der Waals surface area contributed by atoms with E-state index in [1.165, 1.54) is 32.5 Å². The van der Waals surface area contributed by atoms with Crippen LogP contribution >= 0.6 is 0 Å². The Morgan fingerprint density at radius 3 is 2.25 bits per heavy atom. The van der Waals surface area contributed by atoms with E-state index < -0.39 is 23.4 Å². The maximum atomic E-state index is 13.4. The van der Waals surface area contributed by atoms with Crippen LogP contribution in [0.5, 0.6) is 23.0 Å². The second-order valence-corrected chi connectivity index (χ2v) is 5.71. The van der Waals surface area contributed by atoms with Crippen molar-refractivity contribution in [3.8, 4) is 23.0 Å². The summed E-state index contributed by atoms with van der Waals surface area (Å²) in [6, 6.07) is 7.44. The molecular formula is C19H15F3N2O4. The quantitative estimate of drug-likeness (QED) is 0.705. The zero-order valence-corrected chi connectivity index (χ0v) is 14.8. The van der Waals surface area contributed by atoms with Gasteiger partial charge in [-0.15, -0.1) is 0 Å². The van der Waals surface area contributed by atoms with Gasteiger partial charge >= 0.3 is 6.18 Å². The molecule has 6 nitrogen and oxygen atoms in total. The van der Waals surface area contributed by atoms with Gasteiger partial charge in [0.1, 0.15) is 11.5 Å². The van der Waals surface area contributed by atoms with Gasteiger partial charge in [-0.1, -0.05) is 0 Å². The van der Waals surface area contributed by atoms with E-state index in [0.29, 0.717) is 28.5 Å². The van der Waals surface area contributed by atoms with Crippen molar-refractivity contribution in [1.82, 2.24) is 4.98 Å². The molecule has 3 rings (SSSR count). The number of benzene rings is 2. The van der Waals surface area contributed by atoms with Crippen molar-refractivity contribution in [2.75, 3.05) is 14.2 Å². The van der Waals surface area contributed by atoms with Gasteiger partial charge in [0.2, 0.25) is 5.91 Å². The Hall–Kier alpha value is -3.49. The van der Waals surface area contributed by atoms with E-state index in [1.807, 2.05) is 0 Å². The first-order valence-electron chi connectivity index (χ1n) is 7.94. The Labute approximate surface area is 157 Å². The predicted octanol–water partition coefficient (Wildman–Crippen LogP) is 4.16. The molecule has 1 aromatic heterocycles. The largest absolute Gasteiger partial charge is 0.493 e. The van der Waals surface area contributed by atoms with Crippen molar-refractivity contribution in [2.24, 2.45) is 5.73 Å². The van der Waals surface area contributed by atoms with Crippen LogP contribution in [-0.2, 0) is 6.18 Å². The van der Waals surface area contributed by atoms with E-state index >= 15 is 0 Å². The summed E-state index contributed by atoms with van der Waals surface area (Å²) in [6.07, 6.45) is -3.35. The molecule has 1 amide bonds. The lowest BCUT2D eigenvalue weighted by Crippen LogP contribution is -2.14. The van der Waals surface area contributed by atoms with Crippen molar-refractivity contribution in [1.29, 1.82) is 0 Å². The normalized spacial score (nSPS) is 11.3. The van der Waals surface area contributed by atoms with Crippen LogP contribution in [-0.4, -0.2) is 25.1 Å². The van der Waals surface area contributed by atoms with Gasteiger partial charge in [0.25, 0.3) is 0 Å². The topological polar surface area (TPSA) is 83.7 Å². The minimum absolute atomic E-state index is 0.128. The van der Waals surface area contributed by atoms with Gasteiger partial charge < -0.3 is 19.9 Å². The summed E-state index contributed by atoms with van der Waals surface area (Å²) in [5.41, 5.74) is 4.13. The number of alkyl halides is 3. The Morgan fingerprint density at radius 2 is 1.64 bits per heavy atom. The Balaban J connectivity index is 2.14. The van der Waals surface area contributed by atoms with Crippen LogP contribution in [0.4, 0.5) is 13.2 Å². The van der Waals surface area contributed by atoms with Crippen LogP contribution < -0.4 is 19.9 Å². The summed E-state index contributed by atoms with van der Waals surface area (Å²) in [7, 11) is 2.89. The van der Waals surface area contributed by atoms with Gasteiger partial charge in [0.05, 0.1) is 25.3 Å². The molecule has 0 saturated carbocycles. The summed E-state index contributed by atoms with van der Waals surface area (Å²) in [5.74, 6) is -0.527. The minimum atomic E-state index is -4.75. The predicted molar refractivity (Wildman–Crippen MR) is 94.9 cm³/mol. The number of carbonyl (C=O) groups excluding carboxylic acids is 1. The highest BCUT2D eigenvalue weighted by Gasteiger charge is 2.35. The molecule has 0 atom stereocenters. The van der Waals surface area contributed by atoms with E-state index in [0.717, 1.165) is 6.07 Å². The smallest absolute Gasteiger partial charge is 0.420 e. The lowest BCUT2D eigenvalue weighted by atomic mass is 10.1. The molecule has 0 radical (unpaired) electrons. The fourth-order valence-electron chi connectivity index (χ4n) is 2.65. The average molecular weight is 392 g/mol. The molecule has 0 fully saturated rings. The Morgan fingerprint density at radius 1 is 0.964 bits per heavy atom. The molecule has 0 saturated heterocycles. The molecule has 0 aliphatic carbocycles. The van der Waals surface area contributed by atoms with Gasteiger partial charge in [-0.2, -0.15) is 13.2 Å². The first-order valence-corrected chi connectivity index (χ1v) is 7.94. The van der Waals surface area contributed by atoms with Crippen LogP contribution in [0.15, 0.2) is 42.6 Å². The molecule has 2 aromatic carbocycles. The maximum Gasteiger partial charge on any atom is 0.420 e. The second-order valence-electron chi connectivity index (χ2n) is 5.71. The molecule has 2 N–H and O–H groups in total. The fourth-order valence-corrected chi connectivity index (χ4v) is 2.65. The number of fused-ring (bicyclic) bond motifs is 1. The molecule has 146 valence electrons. The van der Waals surface area contributed by atoms with Gasteiger partial charge in [-0.3, -0.25) is 9.78 Å². The molecular weight excluding hydrogens is 377 g/mol. The molecule has 9 heteroatoms. The van der Waals surface area contributed by atoms with Gasteiger partial charge in [-0.05, 0) is 30.3 Å². The summed E-state index contributed by atoms with van der Waals surface area (Å²) in [5, 5.41) is 0.423. The number of primary amides is 1. The highest BCUT2D eigenvalue weighted by molar-refractivity contribution is 5.93. The van der Waals surface area contributed by atoms with Gasteiger partial charge in [0.15, 0.2) is 11.5 Å². The van der Waals surface area contributed by atoms with E-state index in [4.69, 9.17) is 19.9 Å². The number of nitrogens with two attached hydrogens (primary N) is 1. The van der Waals surface area contributed by atoms with E-state index in [1.54, 1.807) is 12.1 Å². The number of amides is 1. The number of hydrogen-bond donors (Lipinski definition) is 1. The number of ether oxygens (including phenoxy) is 3. The van der Waals surface area contributed by atoms with E-state index in [9.17, 15) is 18.0 Å². The minimum Gasteiger partial charge on any atom is -0.493 e. The number of carbonyl (C=O) groups is 1. The second kappa shape index (κ2) is 7.26. The SMILES string of the molecule is COc1cc2nccc(Oc3ccc(C(N)=O)cc3C(F)(F)F)c2cc1OC. The van der Waals surface area contributed by atoms with Crippen LogP contribution in [0.3, 0.4) is 0 Å². The Kier molecular flexibility index (Phi) is 5.00. The van der Waals surface area contributed by atoms with Gasteiger partial charge in [0, 0.05) is 23.2 Å². The number of nitrogens with zero attached hydrogens (tertiary/aromatic N) is 1. The number of aromatic nitrogens is 1. The summed E-state index contributed by atoms with van der Waals surface area (Å²) in [6.45, 7) is 0. The number of hydrogen-bond acceptors (Lipinski definition) is 5. The lowest BCUT2D eigenvalue weighted by Gasteiger charge is -2.16. The molecule has 0 bridgehead atoms. The monoisotopic (exact) mass is 392 g/mol. The first kappa shape index (κ1) is 19.3. The zero-order chi connectivity index (χ0) is 20.5. The fraction of sp³-hybridized carbons (Fsp3) is 0.158. The molecule has 28 heavy (non-hydrogen) atoms. The standard InChI is InChI=1S/C19H15F3N2O4/c1-26-16-8-11-13(9-17(16)27-2)24-6-5-14(11)28-15-4-3-10(18(23)25)7-12(15)19(20,21)22/h3-9H,1-2H3,(H2,23,25). The highest BCUT2D eigenvalue weighted by atomic mass is 19.4. The maximum absolute atomic E-state index is 13.4. The third-order valence-corrected chi connectivity index (χ3v) is 4.00.